The van der Waals surface area contributed by atoms with Crippen LogP contribution in [0.2, 0.25) is 0 Å². The molecule has 9 heteroatoms. The number of benzene rings is 2. The lowest BCUT2D eigenvalue weighted by atomic mass is 9.88. The van der Waals surface area contributed by atoms with Crippen LogP contribution in [0.5, 0.6) is 0 Å². The molecule has 1 aliphatic rings. The number of amides is 2. The van der Waals surface area contributed by atoms with Gasteiger partial charge in [0.2, 0.25) is 11.8 Å². The summed E-state index contributed by atoms with van der Waals surface area (Å²) in [4.78, 5) is 24.9. The first-order valence-electron chi connectivity index (χ1n) is 9.51. The molecule has 0 spiro atoms. The molecule has 0 atom stereocenters. The standard InChI is InChI=1S/C21H20F4N2O2S/c22-15-10-16(23)19(25)20(18(15)24)27-17(28)11-30-14-8-6-13(7-9-14)26-21(29)12-4-2-1-3-5-12/h6-10,12H,1-5,11H2,(H,26,29)(H,27,28). The first-order valence-corrected chi connectivity index (χ1v) is 10.5. The minimum absolute atomic E-state index is 0.000796. The smallest absolute Gasteiger partial charge is 0.234 e. The summed E-state index contributed by atoms with van der Waals surface area (Å²) in [6.45, 7) is 0. The van der Waals surface area contributed by atoms with Gasteiger partial charge in [-0.05, 0) is 37.1 Å². The quantitative estimate of drug-likeness (QED) is 0.355. The number of rotatable bonds is 6. The molecule has 0 bridgehead atoms. The van der Waals surface area contributed by atoms with Gasteiger partial charge in [-0.3, -0.25) is 9.59 Å². The van der Waals surface area contributed by atoms with Gasteiger partial charge in [-0.1, -0.05) is 19.3 Å². The lowest BCUT2D eigenvalue weighted by molar-refractivity contribution is -0.120. The van der Waals surface area contributed by atoms with Gasteiger partial charge in [-0.2, -0.15) is 0 Å². The molecule has 1 fully saturated rings. The summed E-state index contributed by atoms with van der Waals surface area (Å²) in [6.07, 6.45) is 5.07. The largest absolute Gasteiger partial charge is 0.326 e. The number of anilines is 2. The van der Waals surface area contributed by atoms with E-state index in [0.717, 1.165) is 43.9 Å². The maximum absolute atomic E-state index is 13.6. The Bertz CT molecular complexity index is 905. The van der Waals surface area contributed by atoms with Crippen LogP contribution in [0.3, 0.4) is 0 Å². The number of thioether (sulfide) groups is 1. The Balaban J connectivity index is 1.53. The van der Waals surface area contributed by atoms with E-state index in [1.54, 1.807) is 24.3 Å². The molecule has 3 rings (SSSR count). The van der Waals surface area contributed by atoms with Crippen molar-refractivity contribution >= 4 is 35.0 Å². The summed E-state index contributed by atoms with van der Waals surface area (Å²) in [7, 11) is 0. The van der Waals surface area contributed by atoms with Crippen molar-refractivity contribution in [3.05, 3.63) is 53.6 Å². The third-order valence-electron chi connectivity index (χ3n) is 4.84. The second-order valence-corrected chi connectivity index (χ2v) is 8.08. The van der Waals surface area contributed by atoms with Crippen molar-refractivity contribution in [2.24, 2.45) is 5.92 Å². The molecular formula is C21H20F4N2O2S. The molecular weight excluding hydrogens is 420 g/mol. The average Bonchev–Trinajstić information content (AvgIpc) is 2.75. The van der Waals surface area contributed by atoms with Gasteiger partial charge in [0, 0.05) is 22.6 Å². The van der Waals surface area contributed by atoms with Crippen LogP contribution in [0.15, 0.2) is 35.2 Å². The maximum atomic E-state index is 13.6. The van der Waals surface area contributed by atoms with Crippen LogP contribution in [0, 0.1) is 29.2 Å². The van der Waals surface area contributed by atoms with Crippen LogP contribution in [0.1, 0.15) is 32.1 Å². The minimum Gasteiger partial charge on any atom is -0.326 e. The van der Waals surface area contributed by atoms with Gasteiger partial charge in [0.25, 0.3) is 0 Å². The second kappa shape index (κ2) is 9.97. The Hall–Kier alpha value is -2.55. The van der Waals surface area contributed by atoms with E-state index < -0.39 is 34.9 Å². The van der Waals surface area contributed by atoms with Gasteiger partial charge in [-0.25, -0.2) is 17.6 Å². The highest BCUT2D eigenvalue weighted by Gasteiger charge is 2.22. The van der Waals surface area contributed by atoms with Crippen molar-refractivity contribution < 1.29 is 27.2 Å². The fraction of sp³-hybridized carbons (Fsp3) is 0.333. The van der Waals surface area contributed by atoms with E-state index in [1.807, 2.05) is 5.32 Å². The summed E-state index contributed by atoms with van der Waals surface area (Å²) in [5, 5.41) is 4.74. The molecule has 1 aliphatic carbocycles. The van der Waals surface area contributed by atoms with E-state index in [9.17, 15) is 27.2 Å². The molecule has 0 radical (unpaired) electrons. The molecule has 0 aliphatic heterocycles. The fourth-order valence-corrected chi connectivity index (χ4v) is 3.95. The number of carbonyl (C=O) groups excluding carboxylic acids is 2. The molecule has 160 valence electrons. The SMILES string of the molecule is O=C(CSc1ccc(NC(=O)C2CCCCC2)cc1)Nc1c(F)c(F)cc(F)c1F. The molecule has 0 saturated heterocycles. The third kappa shape index (κ3) is 5.53. The van der Waals surface area contributed by atoms with Gasteiger partial charge >= 0.3 is 0 Å². The van der Waals surface area contributed by atoms with Crippen LogP contribution in [-0.4, -0.2) is 17.6 Å². The Morgan fingerprint density at radius 1 is 0.900 bits per heavy atom. The van der Waals surface area contributed by atoms with E-state index >= 15 is 0 Å². The molecule has 2 aromatic carbocycles. The highest BCUT2D eigenvalue weighted by atomic mass is 32.2. The van der Waals surface area contributed by atoms with Gasteiger partial charge in [0.05, 0.1) is 5.75 Å². The van der Waals surface area contributed by atoms with Crippen LogP contribution in [0.4, 0.5) is 28.9 Å². The zero-order valence-electron chi connectivity index (χ0n) is 15.9. The van der Waals surface area contributed by atoms with E-state index in [0.29, 0.717) is 10.6 Å². The highest BCUT2D eigenvalue weighted by Crippen LogP contribution is 2.27. The van der Waals surface area contributed by atoms with E-state index in [-0.39, 0.29) is 23.6 Å². The lowest BCUT2D eigenvalue weighted by Crippen LogP contribution is -2.24. The number of nitrogens with one attached hydrogen (secondary N) is 2. The summed E-state index contributed by atoms with van der Waals surface area (Å²) in [5.41, 5.74) is -0.516. The normalized spacial score (nSPS) is 14.4. The predicted molar refractivity (Wildman–Crippen MR) is 107 cm³/mol. The zero-order valence-corrected chi connectivity index (χ0v) is 16.8. The zero-order chi connectivity index (χ0) is 21.7. The van der Waals surface area contributed by atoms with E-state index in [1.165, 1.54) is 0 Å². The molecule has 2 amide bonds. The van der Waals surface area contributed by atoms with Crippen molar-refractivity contribution in [3.8, 4) is 0 Å². The van der Waals surface area contributed by atoms with Crippen molar-refractivity contribution in [3.63, 3.8) is 0 Å². The van der Waals surface area contributed by atoms with Crippen LogP contribution in [-0.2, 0) is 9.59 Å². The molecule has 0 heterocycles. The maximum Gasteiger partial charge on any atom is 0.234 e. The molecule has 30 heavy (non-hydrogen) atoms. The molecule has 1 saturated carbocycles. The number of hydrogen-bond donors (Lipinski definition) is 2. The predicted octanol–water partition coefficient (Wildman–Crippen LogP) is 5.49. The van der Waals surface area contributed by atoms with E-state index in [4.69, 9.17) is 0 Å². The fourth-order valence-electron chi connectivity index (χ4n) is 3.25. The van der Waals surface area contributed by atoms with Crippen molar-refractivity contribution in [2.75, 3.05) is 16.4 Å². The average molecular weight is 440 g/mol. The van der Waals surface area contributed by atoms with E-state index in [2.05, 4.69) is 5.32 Å². The summed E-state index contributed by atoms with van der Waals surface area (Å²) < 4.78 is 53.6. The molecule has 0 aromatic heterocycles. The molecule has 0 unspecified atom stereocenters. The van der Waals surface area contributed by atoms with Gasteiger partial charge < -0.3 is 10.6 Å². The Morgan fingerprint density at radius 2 is 1.50 bits per heavy atom. The van der Waals surface area contributed by atoms with Gasteiger partial charge in [0.1, 0.15) is 5.69 Å². The topological polar surface area (TPSA) is 58.2 Å². The summed E-state index contributed by atoms with van der Waals surface area (Å²) in [5.74, 6) is -7.53. The van der Waals surface area contributed by atoms with Crippen molar-refractivity contribution in [1.29, 1.82) is 0 Å². The third-order valence-corrected chi connectivity index (χ3v) is 5.86. The Morgan fingerprint density at radius 3 is 2.10 bits per heavy atom. The lowest BCUT2D eigenvalue weighted by Gasteiger charge is -2.20. The number of halogens is 4. The molecule has 4 nitrogen and oxygen atoms in total. The summed E-state index contributed by atoms with van der Waals surface area (Å²) in [6, 6.07) is 6.85. The Kier molecular flexibility index (Phi) is 7.36. The number of hydrogen-bond acceptors (Lipinski definition) is 3. The minimum atomic E-state index is -1.66. The van der Waals surface area contributed by atoms with Crippen molar-refractivity contribution in [2.45, 2.75) is 37.0 Å². The first kappa shape index (κ1) is 22.1. The number of carbonyl (C=O) groups is 2. The van der Waals surface area contributed by atoms with Gasteiger partial charge in [0.15, 0.2) is 23.3 Å². The monoisotopic (exact) mass is 440 g/mol. The Labute approximate surface area is 175 Å². The molecule has 2 N–H and O–H groups in total. The second-order valence-electron chi connectivity index (χ2n) is 7.03. The van der Waals surface area contributed by atoms with Gasteiger partial charge in [-0.15, -0.1) is 11.8 Å². The van der Waals surface area contributed by atoms with Crippen LogP contribution in [0.25, 0.3) is 0 Å². The highest BCUT2D eigenvalue weighted by molar-refractivity contribution is 8.00. The summed E-state index contributed by atoms with van der Waals surface area (Å²) >= 11 is 1.07. The van der Waals surface area contributed by atoms with Crippen molar-refractivity contribution in [1.82, 2.24) is 0 Å². The van der Waals surface area contributed by atoms with Crippen LogP contribution >= 0.6 is 11.8 Å². The van der Waals surface area contributed by atoms with Crippen LogP contribution < -0.4 is 10.6 Å². The molecule has 2 aromatic rings. The first-order chi connectivity index (χ1) is 14.3.